The molecular formula is C26H37ClN6O6. The van der Waals surface area contributed by atoms with E-state index in [1.165, 1.54) is 31.7 Å². The van der Waals surface area contributed by atoms with E-state index in [0.717, 1.165) is 12.8 Å². The number of aromatic nitrogens is 3. The summed E-state index contributed by atoms with van der Waals surface area (Å²) in [4.78, 5) is 12.5. The van der Waals surface area contributed by atoms with Crippen molar-refractivity contribution in [2.24, 2.45) is 5.41 Å². The number of nitrogens with two attached hydrogens (primary N) is 1. The summed E-state index contributed by atoms with van der Waals surface area (Å²) in [7, 11) is 0. The van der Waals surface area contributed by atoms with Crippen LogP contribution in [0.15, 0.2) is 24.7 Å². The highest BCUT2D eigenvalue weighted by Crippen LogP contribution is 2.31. The van der Waals surface area contributed by atoms with Crippen molar-refractivity contribution in [1.82, 2.24) is 20.3 Å². The van der Waals surface area contributed by atoms with Gasteiger partial charge in [-0.3, -0.25) is 4.98 Å². The van der Waals surface area contributed by atoms with Gasteiger partial charge in [-0.05, 0) is 38.7 Å². The first kappa shape index (κ1) is 30.9. The highest BCUT2D eigenvalue weighted by molar-refractivity contribution is 6.33. The van der Waals surface area contributed by atoms with Gasteiger partial charge in [0.2, 0.25) is 5.88 Å². The van der Waals surface area contributed by atoms with Crippen LogP contribution in [-0.2, 0) is 9.47 Å². The van der Waals surface area contributed by atoms with Gasteiger partial charge in [-0.1, -0.05) is 30.9 Å². The third-order valence-corrected chi connectivity index (χ3v) is 6.90. The number of nitrogens with one attached hydrogen (secondary N) is 1. The van der Waals surface area contributed by atoms with Gasteiger partial charge >= 0.3 is 6.16 Å². The predicted molar refractivity (Wildman–Crippen MR) is 143 cm³/mol. The van der Waals surface area contributed by atoms with Gasteiger partial charge < -0.3 is 40.6 Å². The van der Waals surface area contributed by atoms with E-state index in [9.17, 15) is 5.26 Å². The second-order valence-corrected chi connectivity index (χ2v) is 10.3. The Morgan fingerprint density at radius 1 is 1.23 bits per heavy atom. The van der Waals surface area contributed by atoms with Gasteiger partial charge in [-0.2, -0.15) is 5.26 Å². The van der Waals surface area contributed by atoms with Crippen molar-refractivity contribution in [2.45, 2.75) is 70.1 Å². The number of nitriles is 1. The molecule has 1 aliphatic heterocycles. The summed E-state index contributed by atoms with van der Waals surface area (Å²) >= 11 is 6.14. The molecule has 13 heteroatoms. The average molecular weight is 565 g/mol. The lowest BCUT2D eigenvalue weighted by atomic mass is 9.83. The van der Waals surface area contributed by atoms with Crippen molar-refractivity contribution in [2.75, 3.05) is 32.2 Å². The lowest BCUT2D eigenvalue weighted by Gasteiger charge is -2.29. The summed E-state index contributed by atoms with van der Waals surface area (Å²) in [6, 6.07) is 4.47. The summed E-state index contributed by atoms with van der Waals surface area (Å²) in [5.41, 5.74) is 6.31. The van der Waals surface area contributed by atoms with Gasteiger partial charge in [-0.25, -0.2) is 9.97 Å². The normalized spacial score (nSPS) is 18.4. The Morgan fingerprint density at radius 2 is 1.95 bits per heavy atom. The molecule has 6 N–H and O–H groups in total. The van der Waals surface area contributed by atoms with E-state index in [4.69, 9.17) is 42.1 Å². The molecule has 1 aliphatic carbocycles. The third-order valence-electron chi connectivity index (χ3n) is 6.60. The number of aliphatic hydroxyl groups is 3. The van der Waals surface area contributed by atoms with Gasteiger partial charge in [0.1, 0.15) is 12.4 Å². The summed E-state index contributed by atoms with van der Waals surface area (Å²) < 4.78 is 15.5. The minimum Gasteiger partial charge on any atom is -0.475 e. The molecule has 0 spiro atoms. The van der Waals surface area contributed by atoms with E-state index in [1.54, 1.807) is 12.3 Å². The molecule has 2 aliphatic rings. The zero-order valence-corrected chi connectivity index (χ0v) is 22.8. The molecule has 0 amide bonds. The number of hydrogen-bond donors (Lipinski definition) is 5. The predicted octanol–water partition coefficient (Wildman–Crippen LogP) is 2.38. The largest absolute Gasteiger partial charge is 0.475 e. The Bertz CT molecular complexity index is 1080. The molecule has 4 rings (SSSR count). The topological polar surface area (TPSA) is 189 Å². The number of ether oxygens (including phenoxy) is 3. The van der Waals surface area contributed by atoms with Crippen molar-refractivity contribution < 1.29 is 29.5 Å². The van der Waals surface area contributed by atoms with Crippen LogP contribution in [0.4, 0.5) is 5.82 Å². The van der Waals surface area contributed by atoms with Gasteiger partial charge in [0.05, 0.1) is 41.2 Å². The molecule has 12 nitrogen and oxygen atoms in total. The minimum absolute atomic E-state index is 0.000995. The zero-order chi connectivity index (χ0) is 28.3. The molecule has 0 aromatic carbocycles. The van der Waals surface area contributed by atoms with E-state index in [-0.39, 0.29) is 19.3 Å². The molecule has 0 bridgehead atoms. The van der Waals surface area contributed by atoms with E-state index >= 15 is 0 Å². The fourth-order valence-corrected chi connectivity index (χ4v) is 4.62. The van der Waals surface area contributed by atoms with E-state index in [1.807, 2.05) is 6.92 Å². The van der Waals surface area contributed by atoms with Crippen molar-refractivity contribution >= 4 is 17.4 Å². The molecular weight excluding hydrogens is 528 g/mol. The number of halogens is 1. The van der Waals surface area contributed by atoms with Crippen molar-refractivity contribution in [3.63, 3.8) is 0 Å². The number of nitrogen functional groups attached to an aromatic ring is 1. The van der Waals surface area contributed by atoms with Crippen LogP contribution in [0.3, 0.4) is 0 Å². The molecule has 39 heavy (non-hydrogen) atoms. The molecule has 1 unspecified atom stereocenters. The molecule has 1 saturated carbocycles. The summed E-state index contributed by atoms with van der Waals surface area (Å²) in [6.07, 6.45) is 8.93. The first-order valence-electron chi connectivity index (χ1n) is 13.0. The van der Waals surface area contributed by atoms with Crippen LogP contribution in [0.1, 0.15) is 51.9 Å². The van der Waals surface area contributed by atoms with E-state index < -0.39 is 11.6 Å². The fraction of sp³-hybridized carbons (Fsp3) is 0.615. The zero-order valence-electron chi connectivity index (χ0n) is 22.1. The molecule has 0 radical (unpaired) electrons. The first-order chi connectivity index (χ1) is 18.6. The Morgan fingerprint density at radius 3 is 2.62 bits per heavy atom. The van der Waals surface area contributed by atoms with Crippen LogP contribution < -0.4 is 15.8 Å². The van der Waals surface area contributed by atoms with Gasteiger partial charge in [0.25, 0.3) is 0 Å². The van der Waals surface area contributed by atoms with Crippen LogP contribution >= 0.6 is 11.6 Å². The quantitative estimate of drug-likeness (QED) is 0.280. The van der Waals surface area contributed by atoms with Crippen LogP contribution in [0.2, 0.25) is 5.02 Å². The lowest BCUT2D eigenvalue weighted by Crippen LogP contribution is -2.43. The summed E-state index contributed by atoms with van der Waals surface area (Å²) in [5.74, 6) is 0.674. The lowest BCUT2D eigenvalue weighted by molar-refractivity contribution is -0.455. The molecule has 1 atom stereocenters. The average Bonchev–Trinajstić information content (AvgIpc) is 2.93. The second-order valence-electron chi connectivity index (χ2n) is 9.91. The highest BCUT2D eigenvalue weighted by Gasteiger charge is 2.34. The van der Waals surface area contributed by atoms with Crippen molar-refractivity contribution in [3.05, 3.63) is 29.7 Å². The van der Waals surface area contributed by atoms with E-state index in [0.29, 0.717) is 60.1 Å². The monoisotopic (exact) mass is 564 g/mol. The maximum atomic E-state index is 9.46. The molecule has 2 fully saturated rings. The Kier molecular flexibility index (Phi) is 11.6. The Hall–Kier alpha value is -2.63. The van der Waals surface area contributed by atoms with E-state index in [2.05, 4.69) is 31.1 Å². The number of rotatable bonds is 9. The van der Waals surface area contributed by atoms with Gasteiger partial charge in [0.15, 0.2) is 0 Å². The Balaban J connectivity index is 0.000000242. The SMILES string of the molecule is CC(COC(O)(O)O)NC1CCCCC1.N#CC1(COc2cncc(-c3cc(N)ncc3Cl)n2)CCOCC1. The van der Waals surface area contributed by atoms with Crippen molar-refractivity contribution in [3.8, 4) is 23.2 Å². The molecule has 3 heterocycles. The third kappa shape index (κ3) is 10.5. The summed E-state index contributed by atoms with van der Waals surface area (Å²) in [5, 5.41) is 38.8. The van der Waals surface area contributed by atoms with Crippen LogP contribution in [0, 0.1) is 16.7 Å². The Labute approximate surface area is 233 Å². The number of hydrogen-bond acceptors (Lipinski definition) is 12. The number of pyridine rings is 1. The minimum atomic E-state index is -3.01. The smallest absolute Gasteiger partial charge is 0.405 e. The van der Waals surface area contributed by atoms with Crippen LogP contribution in [-0.4, -0.2) is 74.9 Å². The van der Waals surface area contributed by atoms with Crippen molar-refractivity contribution in [1.29, 1.82) is 5.26 Å². The summed E-state index contributed by atoms with van der Waals surface area (Å²) in [6.45, 7) is 3.33. The first-order valence-corrected chi connectivity index (χ1v) is 13.4. The van der Waals surface area contributed by atoms with Crippen LogP contribution in [0.25, 0.3) is 11.3 Å². The molecule has 214 valence electrons. The number of anilines is 1. The fourth-order valence-electron chi connectivity index (χ4n) is 4.42. The van der Waals surface area contributed by atoms with Gasteiger partial charge in [-0.15, -0.1) is 0 Å². The standard InChI is InChI=1S/C16H16ClN5O2.C10H21NO4/c17-12-6-21-14(19)5-11(12)13-7-20-8-15(22-13)24-10-16(9-18)1-3-23-4-2-16;1-8(7-15-10(12,13)14)11-9-5-3-2-4-6-9/h5-8H,1-4,10H2,(H2,19,21);8-9,11-14H,2-7H2,1H3. The van der Waals surface area contributed by atoms with Crippen LogP contribution in [0.5, 0.6) is 5.88 Å². The second kappa shape index (κ2) is 14.7. The van der Waals surface area contributed by atoms with Gasteiger partial charge in [0, 0.05) is 37.1 Å². The number of nitrogens with zero attached hydrogens (tertiary/aromatic N) is 4. The molecule has 1 saturated heterocycles. The molecule has 2 aromatic rings. The highest BCUT2D eigenvalue weighted by atomic mass is 35.5. The molecule has 2 aromatic heterocycles. The maximum absolute atomic E-state index is 9.46. The maximum Gasteiger partial charge on any atom is 0.405 e.